The van der Waals surface area contributed by atoms with Gasteiger partial charge >= 0.3 is 6.09 Å². The summed E-state index contributed by atoms with van der Waals surface area (Å²) in [5.74, 6) is 0.555. The average molecular weight is 228 g/mol. The van der Waals surface area contributed by atoms with Crippen LogP contribution in [0.5, 0.6) is 0 Å². The Hall–Kier alpha value is -0.770. The van der Waals surface area contributed by atoms with Crippen LogP contribution in [0.1, 0.15) is 39.5 Å². The molecule has 1 saturated heterocycles. The molecule has 0 radical (unpaired) electrons. The van der Waals surface area contributed by atoms with Gasteiger partial charge in [0, 0.05) is 19.1 Å². The minimum absolute atomic E-state index is 0.156. The molecule has 94 valence electrons. The van der Waals surface area contributed by atoms with E-state index in [1.165, 1.54) is 0 Å². The molecule has 1 aliphatic heterocycles. The molecule has 1 atom stereocenters. The summed E-state index contributed by atoms with van der Waals surface area (Å²) >= 11 is 0. The van der Waals surface area contributed by atoms with E-state index in [4.69, 9.17) is 10.5 Å². The minimum Gasteiger partial charge on any atom is -0.449 e. The van der Waals surface area contributed by atoms with Crippen LogP contribution in [-0.4, -0.2) is 36.7 Å². The number of ether oxygens (including phenoxy) is 1. The molecule has 1 heterocycles. The number of hydrogen-bond acceptors (Lipinski definition) is 3. The Bertz CT molecular complexity index is 211. The van der Waals surface area contributed by atoms with Crippen LogP contribution in [0.4, 0.5) is 4.79 Å². The summed E-state index contributed by atoms with van der Waals surface area (Å²) in [6.07, 6.45) is 3.85. The van der Waals surface area contributed by atoms with Crippen LogP contribution in [0.15, 0.2) is 0 Å². The lowest BCUT2D eigenvalue weighted by Crippen LogP contribution is -2.42. The second-order valence-electron chi connectivity index (χ2n) is 4.65. The fourth-order valence-electron chi connectivity index (χ4n) is 2.00. The number of rotatable bonds is 4. The number of amides is 1. The standard InChI is InChI=1S/C12H24N2O2/c1-3-4-9-16-12(15)14-7-5-11(6-8-14)10(2)13/h10-11H,3-9,13H2,1-2H3. The Kier molecular flexibility index (Phi) is 5.60. The van der Waals surface area contributed by atoms with E-state index >= 15 is 0 Å². The maximum Gasteiger partial charge on any atom is 0.409 e. The molecular formula is C12H24N2O2. The summed E-state index contributed by atoms with van der Waals surface area (Å²) in [4.78, 5) is 13.4. The minimum atomic E-state index is -0.156. The van der Waals surface area contributed by atoms with Crippen molar-refractivity contribution in [2.75, 3.05) is 19.7 Å². The van der Waals surface area contributed by atoms with E-state index in [1.807, 2.05) is 6.92 Å². The Morgan fingerprint density at radius 1 is 1.50 bits per heavy atom. The van der Waals surface area contributed by atoms with Crippen LogP contribution < -0.4 is 5.73 Å². The van der Waals surface area contributed by atoms with Gasteiger partial charge in [-0.25, -0.2) is 4.79 Å². The van der Waals surface area contributed by atoms with E-state index in [-0.39, 0.29) is 12.1 Å². The summed E-state index contributed by atoms with van der Waals surface area (Å²) in [7, 11) is 0. The van der Waals surface area contributed by atoms with Crippen molar-refractivity contribution in [1.82, 2.24) is 4.90 Å². The first-order valence-electron chi connectivity index (χ1n) is 6.32. The van der Waals surface area contributed by atoms with Crippen molar-refractivity contribution >= 4 is 6.09 Å². The van der Waals surface area contributed by atoms with Gasteiger partial charge in [-0.1, -0.05) is 13.3 Å². The van der Waals surface area contributed by atoms with Gasteiger partial charge in [-0.05, 0) is 32.1 Å². The molecule has 1 rings (SSSR count). The molecule has 0 bridgehead atoms. The smallest absolute Gasteiger partial charge is 0.409 e. The van der Waals surface area contributed by atoms with Crippen molar-refractivity contribution in [3.8, 4) is 0 Å². The third kappa shape index (κ3) is 4.00. The highest BCUT2D eigenvalue weighted by atomic mass is 16.6. The number of carbonyl (C=O) groups excluding carboxylic acids is 1. The first kappa shape index (κ1) is 13.3. The van der Waals surface area contributed by atoms with Gasteiger partial charge in [0.1, 0.15) is 0 Å². The van der Waals surface area contributed by atoms with Crippen molar-refractivity contribution in [3.63, 3.8) is 0 Å². The monoisotopic (exact) mass is 228 g/mol. The van der Waals surface area contributed by atoms with Crippen LogP contribution in [0.3, 0.4) is 0 Å². The third-order valence-corrected chi connectivity index (χ3v) is 3.26. The van der Waals surface area contributed by atoms with E-state index in [9.17, 15) is 4.79 Å². The Labute approximate surface area is 98.1 Å². The maximum absolute atomic E-state index is 11.6. The fraction of sp³-hybridized carbons (Fsp3) is 0.917. The molecule has 1 amide bonds. The Morgan fingerprint density at radius 3 is 2.62 bits per heavy atom. The van der Waals surface area contributed by atoms with Crippen molar-refractivity contribution < 1.29 is 9.53 Å². The van der Waals surface area contributed by atoms with Gasteiger partial charge in [-0.15, -0.1) is 0 Å². The molecule has 0 saturated carbocycles. The topological polar surface area (TPSA) is 55.6 Å². The highest BCUT2D eigenvalue weighted by Crippen LogP contribution is 2.19. The summed E-state index contributed by atoms with van der Waals surface area (Å²) in [5.41, 5.74) is 5.85. The van der Waals surface area contributed by atoms with Crippen LogP contribution >= 0.6 is 0 Å². The molecule has 1 fully saturated rings. The predicted molar refractivity (Wildman–Crippen MR) is 64.2 cm³/mol. The zero-order valence-electron chi connectivity index (χ0n) is 10.4. The van der Waals surface area contributed by atoms with Gasteiger partial charge in [0.05, 0.1) is 6.61 Å². The molecule has 0 aliphatic carbocycles. The van der Waals surface area contributed by atoms with Crippen molar-refractivity contribution in [2.24, 2.45) is 11.7 Å². The number of carbonyl (C=O) groups is 1. The number of nitrogens with zero attached hydrogens (tertiary/aromatic N) is 1. The van der Waals surface area contributed by atoms with E-state index in [2.05, 4.69) is 6.92 Å². The number of likely N-dealkylation sites (tertiary alicyclic amines) is 1. The van der Waals surface area contributed by atoms with Gasteiger partial charge in [0.25, 0.3) is 0 Å². The highest BCUT2D eigenvalue weighted by Gasteiger charge is 2.25. The fourth-order valence-corrected chi connectivity index (χ4v) is 2.00. The number of hydrogen-bond donors (Lipinski definition) is 1. The van der Waals surface area contributed by atoms with E-state index in [0.29, 0.717) is 12.5 Å². The third-order valence-electron chi connectivity index (χ3n) is 3.26. The Balaban J connectivity index is 2.22. The zero-order chi connectivity index (χ0) is 12.0. The van der Waals surface area contributed by atoms with Crippen LogP contribution in [-0.2, 0) is 4.74 Å². The normalized spacial score (nSPS) is 19.6. The zero-order valence-corrected chi connectivity index (χ0v) is 10.4. The second-order valence-corrected chi connectivity index (χ2v) is 4.65. The van der Waals surface area contributed by atoms with Gasteiger partial charge in [0.15, 0.2) is 0 Å². The molecule has 2 N–H and O–H groups in total. The number of nitrogens with two attached hydrogens (primary N) is 1. The van der Waals surface area contributed by atoms with Crippen molar-refractivity contribution in [2.45, 2.75) is 45.6 Å². The molecular weight excluding hydrogens is 204 g/mol. The number of unbranched alkanes of at least 4 members (excludes halogenated alkanes) is 1. The molecule has 0 aromatic rings. The van der Waals surface area contributed by atoms with E-state index in [0.717, 1.165) is 38.8 Å². The largest absolute Gasteiger partial charge is 0.449 e. The van der Waals surface area contributed by atoms with Gasteiger partial charge in [-0.3, -0.25) is 0 Å². The predicted octanol–water partition coefficient (Wildman–Crippen LogP) is 1.98. The highest BCUT2D eigenvalue weighted by molar-refractivity contribution is 5.67. The van der Waals surface area contributed by atoms with Crippen molar-refractivity contribution in [3.05, 3.63) is 0 Å². The first-order chi connectivity index (χ1) is 7.65. The summed E-state index contributed by atoms with van der Waals surface area (Å²) in [6, 6.07) is 0.235. The molecule has 0 aromatic heterocycles. The molecule has 4 nitrogen and oxygen atoms in total. The number of piperidine rings is 1. The lowest BCUT2D eigenvalue weighted by molar-refractivity contribution is 0.0846. The lowest BCUT2D eigenvalue weighted by atomic mass is 9.91. The summed E-state index contributed by atoms with van der Waals surface area (Å²) in [5, 5.41) is 0. The summed E-state index contributed by atoms with van der Waals surface area (Å²) in [6.45, 7) is 6.25. The van der Waals surface area contributed by atoms with Gasteiger partial charge in [-0.2, -0.15) is 0 Å². The SMILES string of the molecule is CCCCOC(=O)N1CCC(C(C)N)CC1. The summed E-state index contributed by atoms with van der Waals surface area (Å²) < 4.78 is 5.17. The molecule has 1 unspecified atom stereocenters. The quantitative estimate of drug-likeness (QED) is 0.749. The van der Waals surface area contributed by atoms with E-state index < -0.39 is 0 Å². The van der Waals surface area contributed by atoms with Gasteiger partial charge < -0.3 is 15.4 Å². The van der Waals surface area contributed by atoms with Crippen LogP contribution in [0.2, 0.25) is 0 Å². The van der Waals surface area contributed by atoms with Gasteiger partial charge in [0.2, 0.25) is 0 Å². The average Bonchev–Trinajstić information content (AvgIpc) is 2.29. The maximum atomic E-state index is 11.6. The molecule has 16 heavy (non-hydrogen) atoms. The molecule has 0 aromatic carbocycles. The Morgan fingerprint density at radius 2 is 2.12 bits per heavy atom. The van der Waals surface area contributed by atoms with Crippen molar-refractivity contribution in [1.29, 1.82) is 0 Å². The first-order valence-corrected chi connectivity index (χ1v) is 6.32. The second kappa shape index (κ2) is 6.74. The van der Waals surface area contributed by atoms with Crippen LogP contribution in [0.25, 0.3) is 0 Å². The lowest BCUT2D eigenvalue weighted by Gasteiger charge is -2.33. The van der Waals surface area contributed by atoms with E-state index in [1.54, 1.807) is 4.90 Å². The van der Waals surface area contributed by atoms with Crippen LogP contribution in [0, 0.1) is 5.92 Å². The molecule has 0 spiro atoms. The molecule has 4 heteroatoms. The molecule has 1 aliphatic rings.